The molecule has 3 rings (SSSR count). The number of carbonyl (C=O) groups excluding carboxylic acids is 5. The first-order valence-corrected chi connectivity index (χ1v) is 12.2. The van der Waals surface area contributed by atoms with Gasteiger partial charge in [0.05, 0.1) is 29.9 Å². The highest BCUT2D eigenvalue weighted by Gasteiger charge is 2.43. The lowest BCUT2D eigenvalue weighted by Crippen LogP contribution is -2.48. The second kappa shape index (κ2) is 10.8. The zero-order chi connectivity index (χ0) is 25.9. The molecule has 2 aromatic rings. The summed E-state index contributed by atoms with van der Waals surface area (Å²) >= 11 is 0.889. The Labute approximate surface area is 207 Å². The summed E-state index contributed by atoms with van der Waals surface area (Å²) in [7, 11) is 0. The zero-order valence-corrected chi connectivity index (χ0v) is 21.1. The highest BCUT2D eigenvalue weighted by Crippen LogP contribution is 2.35. The van der Waals surface area contributed by atoms with Crippen molar-refractivity contribution in [2.24, 2.45) is 5.92 Å². The SMILES string of the molecule is CCOC(=O)c1sc(NC(=O)[C@H](CC(C)C)N2C(=O)c3ccccc3C2=O)c(C(=O)OCC)c1C. The van der Waals surface area contributed by atoms with Crippen molar-refractivity contribution in [1.82, 2.24) is 4.90 Å². The smallest absolute Gasteiger partial charge is 0.348 e. The van der Waals surface area contributed by atoms with E-state index in [4.69, 9.17) is 9.47 Å². The van der Waals surface area contributed by atoms with Gasteiger partial charge in [-0.2, -0.15) is 0 Å². The maximum atomic E-state index is 13.5. The molecule has 0 bridgehead atoms. The first-order chi connectivity index (χ1) is 16.6. The minimum Gasteiger partial charge on any atom is -0.462 e. The van der Waals surface area contributed by atoms with E-state index >= 15 is 0 Å². The molecule has 0 radical (unpaired) electrons. The number of fused-ring (bicyclic) bond motifs is 1. The van der Waals surface area contributed by atoms with Gasteiger partial charge in [-0.3, -0.25) is 19.3 Å². The molecule has 0 aliphatic carbocycles. The van der Waals surface area contributed by atoms with Crippen LogP contribution in [0.2, 0.25) is 0 Å². The number of imide groups is 1. The molecular weight excluding hydrogens is 472 g/mol. The Balaban J connectivity index is 2.00. The number of amides is 3. The third kappa shape index (κ3) is 5.12. The van der Waals surface area contributed by atoms with E-state index in [-0.39, 0.29) is 52.1 Å². The lowest BCUT2D eigenvalue weighted by Gasteiger charge is -2.26. The number of carbonyl (C=O) groups is 5. The van der Waals surface area contributed by atoms with Crippen molar-refractivity contribution >= 4 is 46.0 Å². The summed E-state index contributed by atoms with van der Waals surface area (Å²) in [5.74, 6) is -3.10. The normalized spacial score (nSPS) is 13.6. The standard InChI is InChI=1S/C25H28N2O7S/c1-6-33-24(31)18-14(5)19(25(32)34-7-2)35-21(18)26-20(28)17(12-13(3)4)27-22(29)15-10-8-9-11-16(15)23(27)30/h8-11,13,17H,6-7,12H2,1-5H3,(H,26,28)/t17-/m0/s1. The summed E-state index contributed by atoms with van der Waals surface area (Å²) in [5.41, 5.74) is 0.841. The van der Waals surface area contributed by atoms with E-state index in [0.717, 1.165) is 16.2 Å². The van der Waals surface area contributed by atoms with E-state index in [2.05, 4.69) is 5.32 Å². The largest absolute Gasteiger partial charge is 0.462 e. The van der Waals surface area contributed by atoms with Crippen LogP contribution >= 0.6 is 11.3 Å². The topological polar surface area (TPSA) is 119 Å². The van der Waals surface area contributed by atoms with Crippen LogP contribution in [0, 0.1) is 12.8 Å². The van der Waals surface area contributed by atoms with Gasteiger partial charge in [-0.15, -0.1) is 11.3 Å². The molecule has 1 atom stereocenters. The third-order valence-electron chi connectivity index (χ3n) is 5.46. The second-order valence-corrected chi connectivity index (χ2v) is 9.38. The molecule has 0 saturated heterocycles. The average molecular weight is 501 g/mol. The molecule has 10 heteroatoms. The maximum Gasteiger partial charge on any atom is 0.348 e. The highest BCUT2D eigenvalue weighted by atomic mass is 32.1. The van der Waals surface area contributed by atoms with Crippen LogP contribution in [0.3, 0.4) is 0 Å². The zero-order valence-electron chi connectivity index (χ0n) is 20.3. The van der Waals surface area contributed by atoms with Crippen molar-refractivity contribution in [3.05, 3.63) is 51.4 Å². The summed E-state index contributed by atoms with van der Waals surface area (Å²) in [6.45, 7) is 8.86. The summed E-state index contributed by atoms with van der Waals surface area (Å²) in [4.78, 5) is 65.9. The molecule has 1 aliphatic rings. The van der Waals surface area contributed by atoms with Gasteiger partial charge < -0.3 is 14.8 Å². The quantitative estimate of drug-likeness (QED) is 0.407. The Morgan fingerprint density at radius 3 is 2.03 bits per heavy atom. The summed E-state index contributed by atoms with van der Waals surface area (Å²) in [6.07, 6.45) is 0.209. The van der Waals surface area contributed by atoms with Crippen molar-refractivity contribution in [2.45, 2.75) is 47.1 Å². The van der Waals surface area contributed by atoms with Gasteiger partial charge in [0.2, 0.25) is 5.91 Å². The molecule has 3 amide bonds. The first-order valence-electron chi connectivity index (χ1n) is 11.4. The van der Waals surface area contributed by atoms with Gasteiger partial charge >= 0.3 is 11.9 Å². The van der Waals surface area contributed by atoms with Crippen LogP contribution < -0.4 is 5.32 Å². The van der Waals surface area contributed by atoms with E-state index in [1.54, 1.807) is 45.0 Å². The number of esters is 2. The minimum atomic E-state index is -1.12. The maximum absolute atomic E-state index is 13.5. The van der Waals surface area contributed by atoms with E-state index in [1.807, 2.05) is 13.8 Å². The number of anilines is 1. The minimum absolute atomic E-state index is 0.0280. The van der Waals surface area contributed by atoms with Gasteiger partial charge in [0, 0.05) is 0 Å². The van der Waals surface area contributed by atoms with Crippen LogP contribution in [0.1, 0.15) is 80.4 Å². The monoisotopic (exact) mass is 500 g/mol. The number of benzene rings is 1. The average Bonchev–Trinajstić information content (AvgIpc) is 3.26. The molecule has 0 unspecified atom stereocenters. The van der Waals surface area contributed by atoms with Crippen LogP contribution in [0.25, 0.3) is 0 Å². The number of nitrogens with zero attached hydrogens (tertiary/aromatic N) is 1. The first kappa shape index (κ1) is 26.1. The van der Waals surface area contributed by atoms with Gasteiger partial charge in [-0.05, 0) is 50.8 Å². The predicted octanol–water partition coefficient (Wildman–Crippen LogP) is 4.06. The molecule has 9 nitrogen and oxygen atoms in total. The Morgan fingerprint density at radius 1 is 0.971 bits per heavy atom. The number of hydrogen-bond acceptors (Lipinski definition) is 8. The number of rotatable bonds is 9. The molecule has 1 aliphatic heterocycles. The summed E-state index contributed by atoms with van der Waals surface area (Å²) in [5, 5.41) is 2.78. The molecule has 1 aromatic carbocycles. The Hall–Kier alpha value is -3.53. The Bertz CT molecular complexity index is 1150. The Morgan fingerprint density at radius 2 is 1.51 bits per heavy atom. The lowest BCUT2D eigenvalue weighted by molar-refractivity contribution is -0.120. The number of nitrogens with one attached hydrogen (secondary N) is 1. The molecule has 1 N–H and O–H groups in total. The number of thiophene rings is 1. The fourth-order valence-corrected chi connectivity index (χ4v) is 5.00. The van der Waals surface area contributed by atoms with Gasteiger partial charge in [-0.1, -0.05) is 26.0 Å². The van der Waals surface area contributed by atoms with Crippen LogP contribution in [0.15, 0.2) is 24.3 Å². The fourth-order valence-electron chi connectivity index (χ4n) is 3.90. The van der Waals surface area contributed by atoms with Crippen molar-refractivity contribution in [2.75, 3.05) is 18.5 Å². The molecule has 0 saturated carbocycles. The predicted molar refractivity (Wildman–Crippen MR) is 130 cm³/mol. The van der Waals surface area contributed by atoms with Gasteiger partial charge in [0.15, 0.2) is 0 Å². The molecule has 186 valence electrons. The molecule has 0 fully saturated rings. The van der Waals surface area contributed by atoms with Crippen LogP contribution in [-0.2, 0) is 14.3 Å². The number of ether oxygens (including phenoxy) is 2. The second-order valence-electron chi connectivity index (χ2n) is 8.36. The van der Waals surface area contributed by atoms with Gasteiger partial charge in [-0.25, -0.2) is 9.59 Å². The molecular formula is C25H28N2O7S. The molecule has 35 heavy (non-hydrogen) atoms. The lowest BCUT2D eigenvalue weighted by atomic mass is 10.0. The van der Waals surface area contributed by atoms with Crippen LogP contribution in [0.4, 0.5) is 5.00 Å². The highest BCUT2D eigenvalue weighted by molar-refractivity contribution is 7.18. The third-order valence-corrected chi connectivity index (χ3v) is 6.65. The van der Waals surface area contributed by atoms with Crippen molar-refractivity contribution < 1.29 is 33.4 Å². The fraction of sp³-hybridized carbons (Fsp3) is 0.400. The van der Waals surface area contributed by atoms with E-state index < -0.39 is 35.7 Å². The van der Waals surface area contributed by atoms with E-state index in [9.17, 15) is 24.0 Å². The molecule has 2 heterocycles. The summed E-state index contributed by atoms with van der Waals surface area (Å²) in [6, 6.07) is 5.29. The van der Waals surface area contributed by atoms with E-state index in [0.29, 0.717) is 5.56 Å². The summed E-state index contributed by atoms with van der Waals surface area (Å²) < 4.78 is 10.2. The van der Waals surface area contributed by atoms with Gasteiger partial charge in [0.1, 0.15) is 15.9 Å². The van der Waals surface area contributed by atoms with Crippen LogP contribution in [0.5, 0.6) is 0 Å². The van der Waals surface area contributed by atoms with Crippen LogP contribution in [-0.4, -0.2) is 53.8 Å². The van der Waals surface area contributed by atoms with Crippen molar-refractivity contribution in [3.63, 3.8) is 0 Å². The molecule has 1 aromatic heterocycles. The van der Waals surface area contributed by atoms with Crippen molar-refractivity contribution in [1.29, 1.82) is 0 Å². The number of hydrogen-bond donors (Lipinski definition) is 1. The Kier molecular flexibility index (Phi) is 8.06. The molecule has 0 spiro atoms. The van der Waals surface area contributed by atoms with Crippen molar-refractivity contribution in [3.8, 4) is 0 Å². The van der Waals surface area contributed by atoms with Gasteiger partial charge in [0.25, 0.3) is 11.8 Å². The van der Waals surface area contributed by atoms with E-state index in [1.165, 1.54) is 0 Å².